The summed E-state index contributed by atoms with van der Waals surface area (Å²) < 4.78 is 22.4. The molecule has 1 atom stereocenters. The molecule has 0 saturated heterocycles. The third kappa shape index (κ3) is 4.10. The number of ether oxygens (including phenoxy) is 1. The molecule has 0 amide bonds. The molecule has 2 rings (SSSR count). The molecule has 2 N–H and O–H groups in total. The van der Waals surface area contributed by atoms with E-state index in [-0.39, 0.29) is 11.9 Å². The Morgan fingerprint density at radius 1 is 1.17 bits per heavy atom. The van der Waals surface area contributed by atoms with E-state index in [2.05, 4.69) is 4.98 Å². The second-order valence-corrected chi connectivity index (χ2v) is 6.65. The van der Waals surface area contributed by atoms with Gasteiger partial charge in [0.1, 0.15) is 11.1 Å². The Labute approximate surface area is 134 Å². The van der Waals surface area contributed by atoms with Gasteiger partial charge in [0.2, 0.25) is 0 Å². The van der Waals surface area contributed by atoms with Gasteiger partial charge in [-0.05, 0) is 37.6 Å². The van der Waals surface area contributed by atoms with Crippen LogP contribution in [0.5, 0.6) is 5.75 Å². The molecular formula is C16H20NO5P. The average molecular weight is 337 g/mol. The predicted octanol–water partition coefficient (Wildman–Crippen LogP) is 2.68. The number of rotatable bonds is 7. The highest BCUT2D eigenvalue weighted by Gasteiger charge is 2.26. The van der Waals surface area contributed by atoms with Crippen LogP contribution in [0.4, 0.5) is 0 Å². The minimum atomic E-state index is -4.10. The monoisotopic (exact) mass is 337 g/mol. The Bertz CT molecular complexity index is 771. The number of aromatic amines is 1. The normalized spacial score (nSPS) is 13.5. The molecule has 23 heavy (non-hydrogen) atoms. The first kappa shape index (κ1) is 17.5. The van der Waals surface area contributed by atoms with Gasteiger partial charge in [0.05, 0.1) is 18.9 Å². The van der Waals surface area contributed by atoms with Crippen LogP contribution >= 0.6 is 7.60 Å². The van der Waals surface area contributed by atoms with E-state index in [4.69, 9.17) is 9.26 Å². The quantitative estimate of drug-likeness (QED) is 0.758. The lowest BCUT2D eigenvalue weighted by molar-refractivity contribution is 0.284. The number of hydrogen-bond acceptors (Lipinski definition) is 4. The number of nitrogens with one attached hydrogen (secondary N) is 1. The summed E-state index contributed by atoms with van der Waals surface area (Å²) in [5.74, 6) is 0.648. The van der Waals surface area contributed by atoms with Gasteiger partial charge in [-0.15, -0.1) is 0 Å². The molecule has 1 aromatic carbocycles. The van der Waals surface area contributed by atoms with Crippen LogP contribution in [-0.2, 0) is 9.09 Å². The topological polar surface area (TPSA) is 88.6 Å². The van der Waals surface area contributed by atoms with Crippen LogP contribution < -0.4 is 15.6 Å². The van der Waals surface area contributed by atoms with Crippen molar-refractivity contribution < 1.29 is 18.7 Å². The second-order valence-electron chi connectivity index (χ2n) is 4.87. The molecule has 7 heteroatoms. The van der Waals surface area contributed by atoms with E-state index in [0.717, 1.165) is 6.42 Å². The van der Waals surface area contributed by atoms with E-state index in [1.165, 1.54) is 6.07 Å². The predicted molar refractivity (Wildman–Crippen MR) is 89.4 cm³/mol. The number of benzene rings is 1. The molecule has 0 bridgehead atoms. The van der Waals surface area contributed by atoms with Crippen LogP contribution in [0.1, 0.15) is 20.3 Å². The van der Waals surface area contributed by atoms with Gasteiger partial charge < -0.3 is 19.1 Å². The summed E-state index contributed by atoms with van der Waals surface area (Å²) in [5.41, 5.74) is 0.586. The summed E-state index contributed by atoms with van der Waals surface area (Å²) in [4.78, 5) is 24.6. The van der Waals surface area contributed by atoms with Gasteiger partial charge in [-0.1, -0.05) is 19.1 Å². The third-order valence-electron chi connectivity index (χ3n) is 3.14. The number of pyridine rings is 1. The molecule has 124 valence electrons. The lowest BCUT2D eigenvalue weighted by atomic mass is 10.1. The maximum absolute atomic E-state index is 12.2. The Hall–Kier alpha value is -1.88. The van der Waals surface area contributed by atoms with Crippen molar-refractivity contribution in [3.63, 3.8) is 0 Å². The molecule has 0 spiro atoms. The van der Waals surface area contributed by atoms with Gasteiger partial charge in [0.15, 0.2) is 0 Å². The molecule has 1 heterocycles. The lowest BCUT2D eigenvalue weighted by Gasteiger charge is -2.13. The lowest BCUT2D eigenvalue weighted by Crippen LogP contribution is -2.28. The zero-order valence-corrected chi connectivity index (χ0v) is 14.0. The van der Waals surface area contributed by atoms with Crippen LogP contribution in [0, 0.1) is 0 Å². The smallest absolute Gasteiger partial charge is 0.364 e. The maximum Gasteiger partial charge on any atom is 0.364 e. The van der Waals surface area contributed by atoms with Gasteiger partial charge >= 0.3 is 7.60 Å². The van der Waals surface area contributed by atoms with E-state index in [9.17, 15) is 14.3 Å². The molecule has 2 aromatic rings. The van der Waals surface area contributed by atoms with E-state index in [0.29, 0.717) is 23.6 Å². The Kier molecular flexibility index (Phi) is 5.77. The van der Waals surface area contributed by atoms with Gasteiger partial charge in [-0.2, -0.15) is 0 Å². The molecule has 0 saturated carbocycles. The third-order valence-corrected chi connectivity index (χ3v) is 4.71. The summed E-state index contributed by atoms with van der Waals surface area (Å²) in [7, 11) is -4.10. The second kappa shape index (κ2) is 7.59. The van der Waals surface area contributed by atoms with E-state index in [1.807, 2.05) is 31.2 Å². The van der Waals surface area contributed by atoms with Crippen LogP contribution in [0.25, 0.3) is 11.3 Å². The first-order chi connectivity index (χ1) is 11.0. The summed E-state index contributed by atoms with van der Waals surface area (Å²) in [5, 5.41) is -0.268. The molecule has 0 aliphatic rings. The first-order valence-electron chi connectivity index (χ1n) is 7.43. The van der Waals surface area contributed by atoms with E-state index < -0.39 is 13.2 Å². The van der Waals surface area contributed by atoms with Crippen LogP contribution in [-0.4, -0.2) is 23.1 Å². The largest absolute Gasteiger partial charge is 0.493 e. The molecule has 0 aliphatic carbocycles. The van der Waals surface area contributed by atoms with Crippen molar-refractivity contribution in [3.05, 3.63) is 46.8 Å². The van der Waals surface area contributed by atoms with Crippen molar-refractivity contribution in [3.8, 4) is 17.0 Å². The van der Waals surface area contributed by atoms with E-state index in [1.54, 1.807) is 13.0 Å². The molecule has 1 aromatic heterocycles. The van der Waals surface area contributed by atoms with Crippen LogP contribution in [0.3, 0.4) is 0 Å². The number of para-hydroxylation sites is 1. The first-order valence-corrected chi connectivity index (χ1v) is 9.00. The highest BCUT2D eigenvalue weighted by Crippen LogP contribution is 2.39. The maximum atomic E-state index is 12.2. The Morgan fingerprint density at radius 3 is 2.57 bits per heavy atom. The van der Waals surface area contributed by atoms with Crippen molar-refractivity contribution in [2.24, 2.45) is 0 Å². The minimum absolute atomic E-state index is 0.0443. The molecule has 1 unspecified atom stereocenters. The Balaban J connectivity index is 2.42. The standard InChI is InChI=1S/C16H20NO5P/c1-3-11-21-14-8-6-5-7-12(14)13-9-10-15(16(18)17-13)23(19,20)22-4-2/h5-10H,3-4,11H2,1-2H3,(H,17,18)(H,19,20). The van der Waals surface area contributed by atoms with Crippen molar-refractivity contribution in [1.82, 2.24) is 4.98 Å². The van der Waals surface area contributed by atoms with Gasteiger partial charge in [0, 0.05) is 5.56 Å². The summed E-state index contributed by atoms with van der Waals surface area (Å²) >= 11 is 0. The van der Waals surface area contributed by atoms with Crippen LogP contribution in [0.15, 0.2) is 41.2 Å². The average Bonchev–Trinajstić information content (AvgIpc) is 2.52. The fraction of sp³-hybridized carbons (Fsp3) is 0.312. The van der Waals surface area contributed by atoms with Crippen molar-refractivity contribution in [2.75, 3.05) is 13.2 Å². The van der Waals surface area contributed by atoms with Crippen LogP contribution in [0.2, 0.25) is 0 Å². The molecular weight excluding hydrogens is 317 g/mol. The van der Waals surface area contributed by atoms with Crippen molar-refractivity contribution >= 4 is 12.9 Å². The van der Waals surface area contributed by atoms with Gasteiger partial charge in [-0.3, -0.25) is 9.36 Å². The Morgan fingerprint density at radius 2 is 1.91 bits per heavy atom. The highest BCUT2D eigenvalue weighted by molar-refractivity contribution is 7.61. The number of H-pyrrole nitrogens is 1. The van der Waals surface area contributed by atoms with Crippen molar-refractivity contribution in [2.45, 2.75) is 20.3 Å². The summed E-state index contributed by atoms with van der Waals surface area (Å²) in [6.07, 6.45) is 0.867. The zero-order chi connectivity index (χ0) is 16.9. The van der Waals surface area contributed by atoms with Gasteiger partial charge in [0.25, 0.3) is 5.56 Å². The highest BCUT2D eigenvalue weighted by atomic mass is 31.2. The zero-order valence-electron chi connectivity index (χ0n) is 13.1. The molecule has 0 radical (unpaired) electrons. The molecule has 0 aliphatic heterocycles. The molecule has 6 nitrogen and oxygen atoms in total. The summed E-state index contributed by atoms with van der Waals surface area (Å²) in [6, 6.07) is 10.2. The van der Waals surface area contributed by atoms with E-state index >= 15 is 0 Å². The minimum Gasteiger partial charge on any atom is -0.493 e. The fourth-order valence-electron chi connectivity index (χ4n) is 2.12. The fourth-order valence-corrected chi connectivity index (χ4v) is 3.18. The van der Waals surface area contributed by atoms with Gasteiger partial charge in [-0.25, -0.2) is 0 Å². The SMILES string of the molecule is CCCOc1ccccc1-c1ccc(P(=O)(O)OCC)c(=O)[nH]1. The van der Waals surface area contributed by atoms with Crippen molar-refractivity contribution in [1.29, 1.82) is 0 Å². The molecule has 0 fully saturated rings. The number of aromatic nitrogens is 1. The summed E-state index contributed by atoms with van der Waals surface area (Å²) in [6.45, 7) is 4.21. The number of hydrogen-bond donors (Lipinski definition) is 2.